The molecule has 0 N–H and O–H groups in total. The molecule has 0 bridgehead atoms. The van der Waals surface area contributed by atoms with Crippen LogP contribution in [0.1, 0.15) is 18.2 Å². The van der Waals surface area contributed by atoms with Gasteiger partial charge in [0.15, 0.2) is 5.82 Å². The second-order valence-electron chi connectivity index (χ2n) is 4.83. The average molecular weight is 270 g/mol. The first-order chi connectivity index (χ1) is 9.86. The van der Waals surface area contributed by atoms with E-state index in [4.69, 9.17) is 9.72 Å². The summed E-state index contributed by atoms with van der Waals surface area (Å²) < 4.78 is 5.48. The molecular formula is C15H18N4O. The molecule has 3 rings (SSSR count). The Kier molecular flexibility index (Phi) is 3.99. The zero-order chi connectivity index (χ0) is 13.8. The van der Waals surface area contributed by atoms with E-state index in [9.17, 15) is 0 Å². The maximum Gasteiger partial charge on any atom is 0.160 e. The summed E-state index contributed by atoms with van der Waals surface area (Å²) in [4.78, 5) is 15.5. The van der Waals surface area contributed by atoms with Gasteiger partial charge in [0.25, 0.3) is 0 Å². The van der Waals surface area contributed by atoms with Crippen LogP contribution in [0.3, 0.4) is 0 Å². The Morgan fingerprint density at radius 3 is 3.10 bits per heavy atom. The van der Waals surface area contributed by atoms with Crippen molar-refractivity contribution >= 4 is 0 Å². The molecule has 0 aliphatic carbocycles. The van der Waals surface area contributed by atoms with Gasteiger partial charge in [-0.1, -0.05) is 0 Å². The molecule has 5 heteroatoms. The highest BCUT2D eigenvalue weighted by molar-refractivity contribution is 5.53. The van der Waals surface area contributed by atoms with E-state index in [1.807, 2.05) is 25.3 Å². The Morgan fingerprint density at radius 2 is 2.30 bits per heavy atom. The number of pyridine rings is 1. The molecule has 0 amide bonds. The fourth-order valence-electron chi connectivity index (χ4n) is 2.32. The van der Waals surface area contributed by atoms with Crippen molar-refractivity contribution in [3.63, 3.8) is 0 Å². The lowest BCUT2D eigenvalue weighted by atomic mass is 10.1. The third kappa shape index (κ3) is 2.84. The fraction of sp³-hybridized carbons (Fsp3) is 0.400. The average Bonchev–Trinajstić information content (AvgIpc) is 2.53. The number of hydrogen-bond donors (Lipinski definition) is 0. The van der Waals surface area contributed by atoms with Crippen molar-refractivity contribution in [2.75, 3.05) is 19.9 Å². The highest BCUT2D eigenvalue weighted by Crippen LogP contribution is 2.20. The summed E-state index contributed by atoms with van der Waals surface area (Å²) in [5, 5.41) is 0. The summed E-state index contributed by atoms with van der Waals surface area (Å²) in [6.07, 6.45) is 6.48. The molecule has 3 heterocycles. The first kappa shape index (κ1) is 13.1. The maximum absolute atomic E-state index is 5.48. The molecule has 5 nitrogen and oxygen atoms in total. The molecule has 1 aliphatic heterocycles. The standard InChI is InChI=1S/C15H18N4O/c1-2-20-11-19-7-5-12-9-17-15(18-14(12)10-19)13-4-3-6-16-8-13/h3-4,6,8-9H,2,5,7,10-11H2,1H3. The predicted molar refractivity (Wildman–Crippen MR) is 75.9 cm³/mol. The molecular weight excluding hydrogens is 252 g/mol. The zero-order valence-electron chi connectivity index (χ0n) is 11.6. The van der Waals surface area contributed by atoms with Crippen LogP contribution in [0, 0.1) is 0 Å². The third-order valence-electron chi connectivity index (χ3n) is 3.42. The van der Waals surface area contributed by atoms with E-state index in [2.05, 4.69) is 14.9 Å². The van der Waals surface area contributed by atoms with Crippen LogP contribution >= 0.6 is 0 Å². The molecule has 0 atom stereocenters. The van der Waals surface area contributed by atoms with Gasteiger partial charge in [0.1, 0.15) is 0 Å². The molecule has 1 aliphatic rings. The van der Waals surface area contributed by atoms with Gasteiger partial charge in [0.05, 0.1) is 12.4 Å². The number of ether oxygens (including phenoxy) is 1. The van der Waals surface area contributed by atoms with Crippen LogP contribution in [0.5, 0.6) is 0 Å². The number of aromatic nitrogens is 3. The lowest BCUT2D eigenvalue weighted by molar-refractivity contribution is 0.0270. The van der Waals surface area contributed by atoms with E-state index in [0.29, 0.717) is 6.73 Å². The van der Waals surface area contributed by atoms with Crippen molar-refractivity contribution < 1.29 is 4.74 Å². The normalized spacial score (nSPS) is 15.1. The second-order valence-corrected chi connectivity index (χ2v) is 4.83. The van der Waals surface area contributed by atoms with Crippen molar-refractivity contribution in [1.29, 1.82) is 0 Å². The minimum atomic E-state index is 0.669. The van der Waals surface area contributed by atoms with Crippen molar-refractivity contribution in [3.8, 4) is 11.4 Å². The third-order valence-corrected chi connectivity index (χ3v) is 3.42. The van der Waals surface area contributed by atoms with E-state index in [-0.39, 0.29) is 0 Å². The van der Waals surface area contributed by atoms with E-state index >= 15 is 0 Å². The van der Waals surface area contributed by atoms with Crippen LogP contribution in [0.25, 0.3) is 11.4 Å². The number of rotatable bonds is 4. The summed E-state index contributed by atoms with van der Waals surface area (Å²) in [5.74, 6) is 0.745. The van der Waals surface area contributed by atoms with Crippen molar-refractivity contribution in [3.05, 3.63) is 42.0 Å². The molecule has 0 saturated carbocycles. The Bertz CT molecular complexity index is 573. The molecule has 104 valence electrons. The summed E-state index contributed by atoms with van der Waals surface area (Å²) in [6, 6.07) is 3.88. The quantitative estimate of drug-likeness (QED) is 0.849. The first-order valence-electron chi connectivity index (χ1n) is 6.92. The summed E-state index contributed by atoms with van der Waals surface area (Å²) in [7, 11) is 0. The molecule has 2 aromatic rings. The number of hydrogen-bond acceptors (Lipinski definition) is 5. The Morgan fingerprint density at radius 1 is 1.35 bits per heavy atom. The van der Waals surface area contributed by atoms with Crippen LogP contribution in [-0.2, 0) is 17.7 Å². The van der Waals surface area contributed by atoms with Gasteiger partial charge >= 0.3 is 0 Å². The minimum Gasteiger partial charge on any atom is -0.366 e. The topological polar surface area (TPSA) is 51.1 Å². The van der Waals surface area contributed by atoms with Gasteiger partial charge in [0, 0.05) is 43.9 Å². The van der Waals surface area contributed by atoms with E-state index in [0.717, 1.165) is 43.2 Å². The van der Waals surface area contributed by atoms with E-state index in [1.165, 1.54) is 5.56 Å². The smallest absolute Gasteiger partial charge is 0.160 e. The SMILES string of the molecule is CCOCN1CCc2cnc(-c3cccnc3)nc2C1. The van der Waals surface area contributed by atoms with Crippen LogP contribution in [0.15, 0.2) is 30.7 Å². The highest BCUT2D eigenvalue weighted by Gasteiger charge is 2.18. The molecule has 0 spiro atoms. The summed E-state index contributed by atoms with van der Waals surface area (Å²) >= 11 is 0. The first-order valence-corrected chi connectivity index (χ1v) is 6.92. The van der Waals surface area contributed by atoms with Crippen LogP contribution in [-0.4, -0.2) is 39.7 Å². The van der Waals surface area contributed by atoms with Crippen molar-refractivity contribution in [2.45, 2.75) is 19.9 Å². The Hall–Kier alpha value is -1.85. The van der Waals surface area contributed by atoms with Gasteiger partial charge in [-0.15, -0.1) is 0 Å². The highest BCUT2D eigenvalue weighted by atomic mass is 16.5. The lowest BCUT2D eigenvalue weighted by Crippen LogP contribution is -2.33. The van der Waals surface area contributed by atoms with Crippen molar-refractivity contribution in [2.24, 2.45) is 0 Å². The molecule has 20 heavy (non-hydrogen) atoms. The summed E-state index contributed by atoms with van der Waals surface area (Å²) in [6.45, 7) is 5.25. The molecule has 0 saturated heterocycles. The van der Waals surface area contributed by atoms with Gasteiger partial charge in [-0.25, -0.2) is 9.97 Å². The number of nitrogens with zero attached hydrogens (tertiary/aromatic N) is 4. The molecule has 2 aromatic heterocycles. The Labute approximate surface area is 118 Å². The molecule has 0 fully saturated rings. The van der Waals surface area contributed by atoms with Gasteiger partial charge < -0.3 is 4.74 Å². The minimum absolute atomic E-state index is 0.669. The van der Waals surface area contributed by atoms with Gasteiger partial charge in [-0.3, -0.25) is 9.88 Å². The second kappa shape index (κ2) is 6.07. The van der Waals surface area contributed by atoms with Gasteiger partial charge in [-0.05, 0) is 31.0 Å². The molecule has 0 aromatic carbocycles. The fourth-order valence-corrected chi connectivity index (χ4v) is 2.32. The maximum atomic E-state index is 5.48. The molecule has 0 unspecified atom stereocenters. The Balaban J connectivity index is 1.82. The molecule has 0 radical (unpaired) electrons. The lowest BCUT2D eigenvalue weighted by Gasteiger charge is -2.27. The summed E-state index contributed by atoms with van der Waals surface area (Å²) in [5.41, 5.74) is 3.30. The van der Waals surface area contributed by atoms with E-state index < -0.39 is 0 Å². The van der Waals surface area contributed by atoms with Crippen molar-refractivity contribution in [1.82, 2.24) is 19.9 Å². The number of fused-ring (bicyclic) bond motifs is 1. The zero-order valence-corrected chi connectivity index (χ0v) is 11.6. The largest absolute Gasteiger partial charge is 0.366 e. The monoisotopic (exact) mass is 270 g/mol. The van der Waals surface area contributed by atoms with Gasteiger partial charge in [0.2, 0.25) is 0 Å². The predicted octanol–water partition coefficient (Wildman–Crippen LogP) is 1.89. The van der Waals surface area contributed by atoms with Crippen LogP contribution in [0.4, 0.5) is 0 Å². The van der Waals surface area contributed by atoms with E-state index in [1.54, 1.807) is 12.4 Å². The van der Waals surface area contributed by atoms with Crippen LogP contribution in [0.2, 0.25) is 0 Å². The van der Waals surface area contributed by atoms with Crippen LogP contribution < -0.4 is 0 Å². The van der Waals surface area contributed by atoms with Gasteiger partial charge in [-0.2, -0.15) is 0 Å².